The van der Waals surface area contributed by atoms with Gasteiger partial charge in [-0.05, 0) is 32.6 Å². The zero-order valence-corrected chi connectivity index (χ0v) is 11.3. The van der Waals surface area contributed by atoms with E-state index >= 15 is 0 Å². The molecule has 2 aliphatic rings. The molecule has 2 rings (SSSR count). The molecule has 5 nitrogen and oxygen atoms in total. The van der Waals surface area contributed by atoms with Gasteiger partial charge in [0.15, 0.2) is 0 Å². The van der Waals surface area contributed by atoms with Gasteiger partial charge >= 0.3 is 12.1 Å². The van der Waals surface area contributed by atoms with Gasteiger partial charge in [-0.15, -0.1) is 0 Å². The zero-order valence-electron chi connectivity index (χ0n) is 11.3. The summed E-state index contributed by atoms with van der Waals surface area (Å²) < 4.78 is 36.6. The van der Waals surface area contributed by atoms with Gasteiger partial charge in [-0.25, -0.2) is 0 Å². The number of likely N-dealkylation sites (tertiary alicyclic amines) is 1. The minimum Gasteiger partial charge on any atom is -0.386 e. The molecule has 2 fully saturated rings. The SMILES string of the molecule is CC(C)(NC(=O)C(F)(F)F)C(=O)N1CC(O)(C2CC2)C1. The highest BCUT2D eigenvalue weighted by molar-refractivity contribution is 5.93. The smallest absolute Gasteiger partial charge is 0.386 e. The molecule has 0 aromatic carbocycles. The Balaban J connectivity index is 1.93. The van der Waals surface area contributed by atoms with Crippen molar-refractivity contribution in [2.75, 3.05) is 13.1 Å². The van der Waals surface area contributed by atoms with Crippen LogP contribution in [0.4, 0.5) is 13.2 Å². The fraction of sp³-hybridized carbons (Fsp3) is 0.833. The van der Waals surface area contributed by atoms with Crippen LogP contribution in [0.5, 0.6) is 0 Å². The molecule has 0 unspecified atom stereocenters. The Kier molecular flexibility index (Phi) is 3.27. The molecule has 0 bridgehead atoms. The van der Waals surface area contributed by atoms with E-state index in [2.05, 4.69) is 0 Å². The Morgan fingerprint density at radius 1 is 1.25 bits per heavy atom. The molecule has 0 atom stereocenters. The molecule has 0 spiro atoms. The van der Waals surface area contributed by atoms with Crippen LogP contribution in [0.1, 0.15) is 26.7 Å². The van der Waals surface area contributed by atoms with Crippen molar-refractivity contribution in [3.63, 3.8) is 0 Å². The molecular formula is C12H17F3N2O3. The number of hydrogen-bond acceptors (Lipinski definition) is 3. The second kappa shape index (κ2) is 4.34. The van der Waals surface area contributed by atoms with Crippen LogP contribution in [0.2, 0.25) is 0 Å². The van der Waals surface area contributed by atoms with Crippen molar-refractivity contribution in [2.24, 2.45) is 5.92 Å². The van der Waals surface area contributed by atoms with Crippen molar-refractivity contribution in [3.05, 3.63) is 0 Å². The van der Waals surface area contributed by atoms with E-state index < -0.39 is 29.1 Å². The number of nitrogens with one attached hydrogen (secondary N) is 1. The second-order valence-corrected chi connectivity index (χ2v) is 6.12. The molecule has 2 N–H and O–H groups in total. The Morgan fingerprint density at radius 2 is 1.75 bits per heavy atom. The number of rotatable bonds is 3. The monoisotopic (exact) mass is 294 g/mol. The third kappa shape index (κ3) is 2.74. The number of alkyl halides is 3. The number of aliphatic hydroxyl groups is 1. The average Bonchev–Trinajstić information content (AvgIpc) is 3.05. The van der Waals surface area contributed by atoms with Crippen molar-refractivity contribution in [1.29, 1.82) is 0 Å². The van der Waals surface area contributed by atoms with Gasteiger partial charge in [0, 0.05) is 0 Å². The molecule has 1 saturated heterocycles. The summed E-state index contributed by atoms with van der Waals surface area (Å²) in [6.07, 6.45) is -3.21. The second-order valence-electron chi connectivity index (χ2n) is 6.12. The first-order valence-corrected chi connectivity index (χ1v) is 6.37. The molecule has 0 aromatic rings. The lowest BCUT2D eigenvalue weighted by atomic mass is 9.86. The van der Waals surface area contributed by atoms with E-state index in [-0.39, 0.29) is 19.0 Å². The molecule has 1 heterocycles. The van der Waals surface area contributed by atoms with E-state index in [0.29, 0.717) is 0 Å². The molecule has 8 heteroatoms. The van der Waals surface area contributed by atoms with Gasteiger partial charge in [0.1, 0.15) is 11.1 Å². The molecule has 114 valence electrons. The van der Waals surface area contributed by atoms with Crippen LogP contribution in [-0.2, 0) is 9.59 Å². The number of amides is 2. The number of carbonyl (C=O) groups excluding carboxylic acids is 2. The first-order chi connectivity index (χ1) is 8.96. The molecule has 1 aliphatic heterocycles. The number of halogens is 3. The minimum absolute atomic E-state index is 0.113. The molecular weight excluding hydrogens is 277 g/mol. The highest BCUT2D eigenvalue weighted by Crippen LogP contribution is 2.44. The van der Waals surface area contributed by atoms with Crippen LogP contribution in [0.15, 0.2) is 0 Å². The summed E-state index contributed by atoms with van der Waals surface area (Å²) in [5.41, 5.74) is -2.56. The predicted molar refractivity (Wildman–Crippen MR) is 62.5 cm³/mol. The van der Waals surface area contributed by atoms with Gasteiger partial charge < -0.3 is 15.3 Å². The first-order valence-electron chi connectivity index (χ1n) is 6.37. The van der Waals surface area contributed by atoms with Crippen LogP contribution in [0, 0.1) is 5.92 Å². The summed E-state index contributed by atoms with van der Waals surface area (Å²) in [4.78, 5) is 24.2. The summed E-state index contributed by atoms with van der Waals surface area (Å²) in [6, 6.07) is 0. The van der Waals surface area contributed by atoms with Gasteiger partial charge in [-0.1, -0.05) is 0 Å². The van der Waals surface area contributed by atoms with Gasteiger partial charge in [0.2, 0.25) is 5.91 Å². The maximum Gasteiger partial charge on any atom is 0.471 e. The molecule has 1 saturated carbocycles. The third-order valence-corrected chi connectivity index (χ3v) is 3.77. The normalized spacial score (nSPS) is 22.2. The molecule has 20 heavy (non-hydrogen) atoms. The van der Waals surface area contributed by atoms with E-state index in [1.54, 1.807) is 5.32 Å². The predicted octanol–water partition coefficient (Wildman–Crippen LogP) is 0.427. The highest BCUT2D eigenvalue weighted by atomic mass is 19.4. The summed E-state index contributed by atoms with van der Waals surface area (Å²) in [5.74, 6) is -2.59. The van der Waals surface area contributed by atoms with Crippen LogP contribution >= 0.6 is 0 Å². The van der Waals surface area contributed by atoms with Crippen LogP contribution < -0.4 is 5.32 Å². The van der Waals surface area contributed by atoms with E-state index in [1.807, 2.05) is 0 Å². The minimum atomic E-state index is -5.03. The van der Waals surface area contributed by atoms with E-state index in [0.717, 1.165) is 12.8 Å². The molecule has 1 aliphatic carbocycles. The molecule has 0 aromatic heterocycles. The topological polar surface area (TPSA) is 69.6 Å². The quantitative estimate of drug-likeness (QED) is 0.793. The van der Waals surface area contributed by atoms with Crippen LogP contribution in [-0.4, -0.2) is 52.2 Å². The average molecular weight is 294 g/mol. The maximum absolute atomic E-state index is 12.2. The lowest BCUT2D eigenvalue weighted by molar-refractivity contribution is -0.179. The Hall–Kier alpha value is -1.31. The maximum atomic E-state index is 12.2. The summed E-state index contributed by atoms with van der Waals surface area (Å²) >= 11 is 0. The molecule has 0 radical (unpaired) electrons. The number of β-amino-alcohol motifs (C(OH)–C–C–N with tert-alkyl or cyclic N) is 1. The lowest BCUT2D eigenvalue weighted by Crippen LogP contribution is -2.70. The van der Waals surface area contributed by atoms with Crippen LogP contribution in [0.25, 0.3) is 0 Å². The largest absolute Gasteiger partial charge is 0.471 e. The first kappa shape index (κ1) is 15.1. The Morgan fingerprint density at radius 3 is 2.15 bits per heavy atom. The van der Waals surface area contributed by atoms with Gasteiger partial charge in [-0.2, -0.15) is 13.2 Å². The van der Waals surface area contributed by atoms with Gasteiger partial charge in [0.05, 0.1) is 13.1 Å². The Bertz CT molecular complexity index is 438. The van der Waals surface area contributed by atoms with E-state index in [1.165, 1.54) is 18.7 Å². The van der Waals surface area contributed by atoms with Gasteiger partial charge in [0.25, 0.3) is 0 Å². The third-order valence-electron chi connectivity index (χ3n) is 3.77. The zero-order chi connectivity index (χ0) is 15.3. The van der Waals surface area contributed by atoms with E-state index in [9.17, 15) is 27.9 Å². The summed E-state index contributed by atoms with van der Waals surface area (Å²) in [5, 5.41) is 11.8. The molecule has 2 amide bonds. The van der Waals surface area contributed by atoms with Crippen LogP contribution in [0.3, 0.4) is 0 Å². The lowest BCUT2D eigenvalue weighted by Gasteiger charge is -2.49. The fourth-order valence-corrected chi connectivity index (χ4v) is 2.44. The van der Waals surface area contributed by atoms with Crippen molar-refractivity contribution >= 4 is 11.8 Å². The summed E-state index contributed by atoms with van der Waals surface area (Å²) in [7, 11) is 0. The fourth-order valence-electron chi connectivity index (χ4n) is 2.44. The van der Waals surface area contributed by atoms with Crippen molar-refractivity contribution in [1.82, 2.24) is 10.2 Å². The van der Waals surface area contributed by atoms with Crippen molar-refractivity contribution in [3.8, 4) is 0 Å². The number of hydrogen-bond donors (Lipinski definition) is 2. The number of carbonyl (C=O) groups is 2. The van der Waals surface area contributed by atoms with E-state index in [4.69, 9.17) is 0 Å². The summed E-state index contributed by atoms with van der Waals surface area (Å²) in [6.45, 7) is 2.66. The standard InChI is InChI=1S/C12H17F3N2O3/c1-10(2,16-8(18)12(13,14)15)9(19)17-5-11(20,6-17)7-3-4-7/h7,20H,3-6H2,1-2H3,(H,16,18). The number of nitrogens with zero attached hydrogens (tertiary/aromatic N) is 1. The Labute approximate surface area is 114 Å². The van der Waals surface area contributed by atoms with Crippen molar-refractivity contribution in [2.45, 2.75) is 44.0 Å². The van der Waals surface area contributed by atoms with Gasteiger partial charge in [-0.3, -0.25) is 9.59 Å². The van der Waals surface area contributed by atoms with Crippen molar-refractivity contribution < 1.29 is 27.9 Å². The highest BCUT2D eigenvalue weighted by Gasteiger charge is 2.55.